The summed E-state index contributed by atoms with van der Waals surface area (Å²) in [7, 11) is -3.83. The Balaban J connectivity index is 1.53. The smallest absolute Gasteiger partial charge is 0.192 e. The van der Waals surface area contributed by atoms with Crippen molar-refractivity contribution in [2.24, 2.45) is 28.1 Å². The van der Waals surface area contributed by atoms with Gasteiger partial charge in [0.25, 0.3) is 0 Å². The highest BCUT2D eigenvalue weighted by molar-refractivity contribution is 6.74. The molecule has 0 aromatic heterocycles. The number of hydrogen-bond acceptors (Lipinski definition) is 4. The number of allylic oxidation sites excluding steroid dienone is 4. The molecule has 4 saturated carbocycles. The number of rotatable bonds is 13. The number of Topliss-reactive ketones (excluding diaryl/α,β-unsaturated/α-hetero) is 1. The first kappa shape index (κ1) is 42.0. The number of carbonyl (C=O) groups excluding carboxylic acids is 1. The zero-order valence-electron chi connectivity index (χ0n) is 35.1. The molecule has 0 saturated heterocycles. The van der Waals surface area contributed by atoms with E-state index in [0.717, 1.165) is 44.9 Å². The second kappa shape index (κ2) is 15.1. The number of aliphatic hydroxyl groups excluding tert-OH is 1. The highest BCUT2D eigenvalue weighted by Gasteiger charge is 2.55. The van der Waals surface area contributed by atoms with Gasteiger partial charge in [-0.25, -0.2) is 0 Å². The Hall–Kier alpha value is -0.796. The number of fused-ring (bicyclic) bond motifs is 1. The average Bonchev–Trinajstić information content (AvgIpc) is 3.71. The molecule has 4 nitrogen and oxygen atoms in total. The van der Waals surface area contributed by atoms with Crippen molar-refractivity contribution in [3.63, 3.8) is 0 Å². The average molecular weight is 727 g/mol. The first-order valence-corrected chi connectivity index (χ1v) is 26.3. The number of carbonyl (C=O) groups is 1. The highest BCUT2D eigenvalue weighted by atomic mass is 28.4. The quantitative estimate of drug-likeness (QED) is 0.152. The van der Waals surface area contributed by atoms with Gasteiger partial charge in [0.2, 0.25) is 0 Å². The van der Waals surface area contributed by atoms with Gasteiger partial charge in [0, 0.05) is 6.42 Å². The Kier molecular flexibility index (Phi) is 12.7. The van der Waals surface area contributed by atoms with E-state index in [1.807, 2.05) is 6.08 Å². The van der Waals surface area contributed by atoms with Gasteiger partial charge in [-0.2, -0.15) is 0 Å². The zero-order chi connectivity index (χ0) is 37.6. The Morgan fingerprint density at radius 2 is 1.46 bits per heavy atom. The van der Waals surface area contributed by atoms with Crippen LogP contribution in [0.4, 0.5) is 0 Å². The molecule has 0 aromatic rings. The number of unbranched alkanes of at least 4 members (excludes halogenated alkanes) is 1. The van der Waals surface area contributed by atoms with Gasteiger partial charge in [-0.3, -0.25) is 4.79 Å². The molecule has 0 spiro atoms. The van der Waals surface area contributed by atoms with Crippen molar-refractivity contribution >= 4 is 22.4 Å². The van der Waals surface area contributed by atoms with E-state index in [2.05, 4.69) is 114 Å². The van der Waals surface area contributed by atoms with Crippen molar-refractivity contribution in [1.29, 1.82) is 0 Å². The van der Waals surface area contributed by atoms with Gasteiger partial charge in [-0.05, 0) is 130 Å². The van der Waals surface area contributed by atoms with Crippen molar-refractivity contribution in [2.45, 2.75) is 207 Å². The third-order valence-electron chi connectivity index (χ3n) is 14.8. The lowest BCUT2D eigenvalue weighted by molar-refractivity contribution is -0.127. The van der Waals surface area contributed by atoms with Crippen molar-refractivity contribution in [2.75, 3.05) is 0 Å². The van der Waals surface area contributed by atoms with Gasteiger partial charge in [0.15, 0.2) is 16.6 Å². The molecule has 4 fully saturated rings. The topological polar surface area (TPSA) is 55.8 Å². The van der Waals surface area contributed by atoms with Crippen LogP contribution in [-0.2, 0) is 13.6 Å². The predicted molar refractivity (Wildman–Crippen MR) is 217 cm³/mol. The van der Waals surface area contributed by atoms with Crippen molar-refractivity contribution in [1.82, 2.24) is 0 Å². The second-order valence-electron chi connectivity index (χ2n) is 21.1. The van der Waals surface area contributed by atoms with E-state index in [4.69, 9.17) is 8.85 Å². The van der Waals surface area contributed by atoms with Crippen LogP contribution in [0.15, 0.2) is 35.5 Å². The molecule has 6 heteroatoms. The number of hydrogen-bond donors (Lipinski definition) is 1. The highest BCUT2D eigenvalue weighted by Crippen LogP contribution is 2.62. The standard InChI is InChI=1S/C44H78O4Si2/c1-15-16-19-38(45)44(27-28-44)39(46)24-26-42(8,9)37-23-22-36-33(18-17-25-43(36,37)10)21-20-32-29-34(47-49(11,12)40(2,3)4)31-35(30-32)48-50(13,14)41(5,6)7/h20-21,24,26,34-37,39,46H,15-19,22-23,25,27-31H2,1-14H3/b26-24+,33-21+/t34-,35-,36+,37-,39?,43+/m1/s1. The van der Waals surface area contributed by atoms with Crippen LogP contribution in [0.2, 0.25) is 36.3 Å². The lowest BCUT2D eigenvalue weighted by Gasteiger charge is -2.47. The molecule has 4 aliphatic carbocycles. The van der Waals surface area contributed by atoms with Crippen LogP contribution in [0.1, 0.15) is 153 Å². The molecular weight excluding hydrogens is 649 g/mol. The third-order valence-corrected chi connectivity index (χ3v) is 23.9. The summed E-state index contributed by atoms with van der Waals surface area (Å²) < 4.78 is 14.2. The first-order valence-electron chi connectivity index (χ1n) is 20.5. The van der Waals surface area contributed by atoms with E-state index in [-0.39, 0.29) is 38.9 Å². The minimum atomic E-state index is -1.91. The maximum absolute atomic E-state index is 13.0. The van der Waals surface area contributed by atoms with Gasteiger partial charge in [-0.1, -0.05) is 111 Å². The molecule has 1 N–H and O–H groups in total. The fourth-order valence-corrected chi connectivity index (χ4v) is 12.2. The summed E-state index contributed by atoms with van der Waals surface area (Å²) >= 11 is 0. The molecule has 0 aromatic carbocycles. The SMILES string of the molecule is CCCCC(=O)C1(C(O)/C=C/C(C)(C)[C@H]2CC[C@H]3/C(=C/C=C4C[C@@H](O[Si](C)(C)C(C)(C)C)C[C@H](O[Si](C)(C)C(C)(C)C)C4)CCC[C@]23C)CC1. The van der Waals surface area contributed by atoms with E-state index < -0.39 is 28.2 Å². The molecule has 286 valence electrons. The summed E-state index contributed by atoms with van der Waals surface area (Å²) in [4.78, 5) is 13.0. The summed E-state index contributed by atoms with van der Waals surface area (Å²) in [6.07, 6.45) is 22.5. The molecule has 50 heavy (non-hydrogen) atoms. The van der Waals surface area contributed by atoms with Crippen LogP contribution >= 0.6 is 0 Å². The second-order valence-corrected chi connectivity index (χ2v) is 30.6. The van der Waals surface area contributed by atoms with E-state index in [9.17, 15) is 9.90 Å². The van der Waals surface area contributed by atoms with Gasteiger partial charge in [0.05, 0.1) is 23.7 Å². The summed E-state index contributed by atoms with van der Waals surface area (Å²) in [5.41, 5.74) is 2.82. The molecule has 4 rings (SSSR count). The molecule has 6 atom stereocenters. The molecule has 4 aliphatic rings. The first-order chi connectivity index (χ1) is 22.9. The zero-order valence-corrected chi connectivity index (χ0v) is 37.1. The lowest BCUT2D eigenvalue weighted by atomic mass is 9.57. The number of ketones is 1. The molecule has 0 amide bonds. The Bertz CT molecular complexity index is 1250. The molecule has 1 unspecified atom stereocenters. The predicted octanol–water partition coefficient (Wildman–Crippen LogP) is 12.5. The monoisotopic (exact) mass is 727 g/mol. The van der Waals surface area contributed by atoms with E-state index in [1.54, 1.807) is 5.57 Å². The fourth-order valence-electron chi connectivity index (χ4n) is 9.42. The van der Waals surface area contributed by atoms with E-state index in [0.29, 0.717) is 18.3 Å². The van der Waals surface area contributed by atoms with Crippen LogP contribution in [0.5, 0.6) is 0 Å². The van der Waals surface area contributed by atoms with Crippen molar-refractivity contribution in [3.05, 3.63) is 35.5 Å². The Morgan fingerprint density at radius 1 is 0.900 bits per heavy atom. The summed E-state index contributed by atoms with van der Waals surface area (Å²) in [6.45, 7) is 33.1. The largest absolute Gasteiger partial charge is 0.414 e. The summed E-state index contributed by atoms with van der Waals surface area (Å²) in [6, 6.07) is 0. The lowest BCUT2D eigenvalue weighted by Crippen LogP contribution is -2.48. The van der Waals surface area contributed by atoms with Crippen LogP contribution in [0.25, 0.3) is 0 Å². The van der Waals surface area contributed by atoms with Gasteiger partial charge in [-0.15, -0.1) is 0 Å². The van der Waals surface area contributed by atoms with Crippen LogP contribution < -0.4 is 0 Å². The molecule has 0 bridgehead atoms. The molecule has 0 heterocycles. The van der Waals surface area contributed by atoms with Crippen LogP contribution in [0.3, 0.4) is 0 Å². The van der Waals surface area contributed by atoms with Crippen LogP contribution in [0, 0.1) is 28.1 Å². The number of aliphatic hydroxyl groups is 1. The minimum Gasteiger partial charge on any atom is -0.414 e. The van der Waals surface area contributed by atoms with Crippen molar-refractivity contribution < 1.29 is 18.8 Å². The van der Waals surface area contributed by atoms with Gasteiger partial charge < -0.3 is 14.0 Å². The van der Waals surface area contributed by atoms with Crippen molar-refractivity contribution in [3.8, 4) is 0 Å². The summed E-state index contributed by atoms with van der Waals surface area (Å²) in [5, 5.41) is 11.6. The Morgan fingerprint density at radius 3 is 1.96 bits per heavy atom. The maximum Gasteiger partial charge on any atom is 0.192 e. The third kappa shape index (κ3) is 9.10. The normalized spacial score (nSPS) is 30.9. The summed E-state index contributed by atoms with van der Waals surface area (Å²) in [5.74, 6) is 1.42. The molecule has 0 aliphatic heterocycles. The maximum atomic E-state index is 13.0. The Labute approximate surface area is 311 Å². The van der Waals surface area contributed by atoms with Gasteiger partial charge in [0.1, 0.15) is 5.78 Å². The molecule has 0 radical (unpaired) electrons. The van der Waals surface area contributed by atoms with E-state index in [1.165, 1.54) is 37.7 Å². The minimum absolute atomic E-state index is 0.0417. The van der Waals surface area contributed by atoms with E-state index >= 15 is 0 Å². The van der Waals surface area contributed by atoms with Gasteiger partial charge >= 0.3 is 0 Å². The fraction of sp³-hybridized carbons (Fsp3) is 0.841. The van der Waals surface area contributed by atoms with Crippen LogP contribution in [-0.4, -0.2) is 45.8 Å². The molecular formula is C44H78O4Si2.